The van der Waals surface area contributed by atoms with E-state index in [-0.39, 0.29) is 6.42 Å². The van der Waals surface area contributed by atoms with Crippen LogP contribution in [0.5, 0.6) is 0 Å². The zero-order valence-corrected chi connectivity index (χ0v) is 12.0. The summed E-state index contributed by atoms with van der Waals surface area (Å²) in [7, 11) is 0. The fourth-order valence-corrected chi connectivity index (χ4v) is 2.63. The summed E-state index contributed by atoms with van der Waals surface area (Å²) in [5, 5.41) is 9.03. The van der Waals surface area contributed by atoms with Crippen LogP contribution >= 0.6 is 0 Å². The van der Waals surface area contributed by atoms with Crippen molar-refractivity contribution >= 4 is 23.2 Å². The number of hydrogen-bond donors (Lipinski definition) is 1. The van der Waals surface area contributed by atoms with Gasteiger partial charge in [0.15, 0.2) is 0 Å². The maximum absolute atomic E-state index is 13.9. The predicted octanol–water partition coefficient (Wildman–Crippen LogP) is 3.94. The van der Waals surface area contributed by atoms with Gasteiger partial charge in [-0.05, 0) is 47.4 Å². The first-order chi connectivity index (χ1) is 10.5. The molecule has 3 rings (SSSR count). The maximum Gasteiger partial charge on any atom is 0.307 e. The molecular weight excluding hydrogens is 281 g/mol. The van der Waals surface area contributed by atoms with Crippen LogP contribution in [0, 0.1) is 12.7 Å². The third kappa shape index (κ3) is 2.68. The van der Waals surface area contributed by atoms with Gasteiger partial charge in [-0.3, -0.25) is 9.78 Å². The van der Waals surface area contributed by atoms with Gasteiger partial charge < -0.3 is 5.11 Å². The molecule has 0 amide bonds. The monoisotopic (exact) mass is 295 g/mol. The highest BCUT2D eigenvalue weighted by Crippen LogP contribution is 2.38. The molecule has 0 atom stereocenters. The highest BCUT2D eigenvalue weighted by molar-refractivity contribution is 6.04. The molecule has 1 aromatic carbocycles. The molecule has 1 aliphatic rings. The first kappa shape index (κ1) is 14.2. The number of aromatic nitrogens is 1. The van der Waals surface area contributed by atoms with E-state index in [1.54, 1.807) is 19.1 Å². The number of carboxylic acids is 1. The fraction of sp³-hybridized carbons (Fsp3) is 0.111. The van der Waals surface area contributed by atoms with Crippen LogP contribution in [0.1, 0.15) is 28.8 Å². The van der Waals surface area contributed by atoms with Gasteiger partial charge in [0.1, 0.15) is 5.82 Å². The van der Waals surface area contributed by atoms with Crippen LogP contribution in [-0.2, 0) is 4.79 Å². The minimum atomic E-state index is -0.881. The Kier molecular flexibility index (Phi) is 3.59. The number of nitrogens with zero attached hydrogens (tertiary/aromatic N) is 1. The van der Waals surface area contributed by atoms with Crippen LogP contribution in [0.15, 0.2) is 42.6 Å². The van der Waals surface area contributed by atoms with Gasteiger partial charge in [-0.2, -0.15) is 0 Å². The van der Waals surface area contributed by atoms with Crippen molar-refractivity contribution in [2.24, 2.45) is 0 Å². The lowest BCUT2D eigenvalue weighted by molar-refractivity contribution is -0.135. The number of rotatable bonds is 3. The molecule has 4 heteroatoms. The van der Waals surface area contributed by atoms with E-state index in [1.807, 2.05) is 30.3 Å². The van der Waals surface area contributed by atoms with Crippen molar-refractivity contribution in [1.82, 2.24) is 4.98 Å². The molecule has 110 valence electrons. The lowest BCUT2D eigenvalue weighted by atomic mass is 10.0. The summed E-state index contributed by atoms with van der Waals surface area (Å²) >= 11 is 0. The number of aryl methyl sites for hydroxylation is 1. The van der Waals surface area contributed by atoms with Gasteiger partial charge in [-0.25, -0.2) is 4.39 Å². The van der Waals surface area contributed by atoms with Crippen LogP contribution in [0.25, 0.3) is 17.2 Å². The summed E-state index contributed by atoms with van der Waals surface area (Å²) in [4.78, 5) is 14.9. The van der Waals surface area contributed by atoms with E-state index in [9.17, 15) is 9.18 Å². The van der Waals surface area contributed by atoms with Gasteiger partial charge in [0.2, 0.25) is 0 Å². The Morgan fingerprint density at radius 3 is 2.77 bits per heavy atom. The van der Waals surface area contributed by atoms with Crippen molar-refractivity contribution < 1.29 is 14.3 Å². The molecule has 1 heterocycles. The van der Waals surface area contributed by atoms with Gasteiger partial charge in [0, 0.05) is 11.3 Å². The fourth-order valence-electron chi connectivity index (χ4n) is 2.63. The van der Waals surface area contributed by atoms with E-state index in [2.05, 4.69) is 4.98 Å². The van der Waals surface area contributed by atoms with Gasteiger partial charge >= 0.3 is 5.97 Å². The second kappa shape index (κ2) is 5.56. The highest BCUT2D eigenvalue weighted by atomic mass is 19.1. The second-order valence-electron chi connectivity index (χ2n) is 5.23. The molecule has 0 bridgehead atoms. The number of halogens is 1. The van der Waals surface area contributed by atoms with E-state index in [1.165, 1.54) is 6.20 Å². The van der Waals surface area contributed by atoms with Crippen molar-refractivity contribution in [3.63, 3.8) is 0 Å². The Hall–Kier alpha value is -2.75. The lowest BCUT2D eigenvalue weighted by Crippen LogP contribution is -1.95. The average molecular weight is 295 g/mol. The summed E-state index contributed by atoms with van der Waals surface area (Å²) in [6, 6.07) is 9.23. The molecule has 0 spiro atoms. The number of carboxylic acid groups (broad SMARTS) is 1. The van der Waals surface area contributed by atoms with E-state index < -0.39 is 11.8 Å². The van der Waals surface area contributed by atoms with E-state index in [0.29, 0.717) is 5.56 Å². The van der Waals surface area contributed by atoms with E-state index in [0.717, 1.165) is 28.0 Å². The third-order valence-corrected chi connectivity index (χ3v) is 3.59. The Balaban J connectivity index is 2.11. The molecule has 1 aromatic heterocycles. The van der Waals surface area contributed by atoms with Gasteiger partial charge in [0.25, 0.3) is 0 Å². The SMILES string of the molecule is Cc1cc(/C=C2/C=C(CC(=O)O)c3ccccc32)c(F)cn1. The number of pyridine rings is 1. The van der Waals surface area contributed by atoms with Gasteiger partial charge in [0.05, 0.1) is 12.6 Å². The van der Waals surface area contributed by atoms with Crippen molar-refractivity contribution in [3.8, 4) is 0 Å². The first-order valence-electron chi connectivity index (χ1n) is 6.90. The molecule has 0 saturated heterocycles. The summed E-state index contributed by atoms with van der Waals surface area (Å²) in [5.74, 6) is -1.27. The Morgan fingerprint density at radius 1 is 1.32 bits per heavy atom. The molecule has 0 fully saturated rings. The number of hydrogen-bond acceptors (Lipinski definition) is 2. The number of allylic oxidation sites excluding steroid dienone is 2. The molecule has 22 heavy (non-hydrogen) atoms. The van der Waals surface area contributed by atoms with E-state index >= 15 is 0 Å². The third-order valence-electron chi connectivity index (χ3n) is 3.59. The first-order valence-corrected chi connectivity index (χ1v) is 6.90. The molecular formula is C18H14FNO2. The topological polar surface area (TPSA) is 50.2 Å². The van der Waals surface area contributed by atoms with Crippen molar-refractivity contribution in [3.05, 3.63) is 70.8 Å². The smallest absolute Gasteiger partial charge is 0.307 e. The van der Waals surface area contributed by atoms with E-state index in [4.69, 9.17) is 5.11 Å². The minimum absolute atomic E-state index is 0.0494. The summed E-state index contributed by atoms with van der Waals surface area (Å²) in [5.41, 5.74) is 4.55. The van der Waals surface area contributed by atoms with Crippen LogP contribution in [0.3, 0.4) is 0 Å². The predicted molar refractivity (Wildman–Crippen MR) is 83.5 cm³/mol. The van der Waals surface area contributed by atoms with Crippen LogP contribution in [-0.4, -0.2) is 16.1 Å². The zero-order valence-electron chi connectivity index (χ0n) is 12.0. The highest BCUT2D eigenvalue weighted by Gasteiger charge is 2.19. The van der Waals surface area contributed by atoms with Crippen molar-refractivity contribution in [2.75, 3.05) is 0 Å². The van der Waals surface area contributed by atoms with Crippen molar-refractivity contribution in [2.45, 2.75) is 13.3 Å². The summed E-state index contributed by atoms with van der Waals surface area (Å²) in [6.45, 7) is 1.80. The molecule has 0 unspecified atom stereocenters. The lowest BCUT2D eigenvalue weighted by Gasteiger charge is -2.04. The summed E-state index contributed by atoms with van der Waals surface area (Å²) in [6.07, 6.45) is 4.70. The molecule has 0 radical (unpaired) electrons. The van der Waals surface area contributed by atoms with Crippen LogP contribution in [0.2, 0.25) is 0 Å². The van der Waals surface area contributed by atoms with Gasteiger partial charge in [-0.15, -0.1) is 0 Å². The van der Waals surface area contributed by atoms with Gasteiger partial charge in [-0.1, -0.05) is 24.3 Å². The standard InChI is InChI=1S/C18H14FNO2/c1-11-6-14(17(19)10-20-11)8-12-7-13(9-18(21)22)16-5-3-2-4-15(12)16/h2-8,10H,9H2,1H3,(H,21,22)/b12-8-. The minimum Gasteiger partial charge on any atom is -0.481 e. The largest absolute Gasteiger partial charge is 0.481 e. The molecule has 1 N–H and O–H groups in total. The summed E-state index contributed by atoms with van der Waals surface area (Å²) < 4.78 is 13.9. The quantitative estimate of drug-likeness (QED) is 0.933. The van der Waals surface area contributed by atoms with Crippen molar-refractivity contribution in [1.29, 1.82) is 0 Å². The Labute approximate surface area is 127 Å². The number of benzene rings is 1. The Morgan fingerprint density at radius 2 is 2.05 bits per heavy atom. The number of fused-ring (bicyclic) bond motifs is 1. The number of carbonyl (C=O) groups is 1. The van der Waals surface area contributed by atoms with Crippen LogP contribution < -0.4 is 0 Å². The molecule has 0 aliphatic heterocycles. The van der Waals surface area contributed by atoms with Crippen LogP contribution in [0.4, 0.5) is 4.39 Å². The molecule has 3 nitrogen and oxygen atoms in total. The molecule has 2 aromatic rings. The molecule has 0 saturated carbocycles. The molecule has 1 aliphatic carbocycles. The Bertz CT molecular complexity index is 822. The average Bonchev–Trinajstić information content (AvgIpc) is 2.81. The second-order valence-corrected chi connectivity index (χ2v) is 5.23. The normalized spacial score (nSPS) is 14.8. The zero-order chi connectivity index (χ0) is 15.7. The number of aliphatic carboxylic acids is 1. The maximum atomic E-state index is 13.9.